The summed E-state index contributed by atoms with van der Waals surface area (Å²) in [6, 6.07) is 2.27. The third kappa shape index (κ3) is 5.18. The summed E-state index contributed by atoms with van der Waals surface area (Å²) in [5, 5.41) is 19.6. The molecule has 2 N–H and O–H groups in total. The van der Waals surface area contributed by atoms with Gasteiger partial charge in [-0.25, -0.2) is 4.68 Å². The molecule has 136 valence electrons. The minimum atomic E-state index is -0.0448. The molecule has 9 heteroatoms. The fourth-order valence-electron chi connectivity index (χ4n) is 2.79. The van der Waals surface area contributed by atoms with E-state index in [-0.39, 0.29) is 5.91 Å². The van der Waals surface area contributed by atoms with Crippen LogP contribution in [-0.4, -0.2) is 38.2 Å². The van der Waals surface area contributed by atoms with Crippen molar-refractivity contribution in [1.82, 2.24) is 20.0 Å². The molecule has 25 heavy (non-hydrogen) atoms. The monoisotopic (exact) mass is 380 g/mol. The quantitative estimate of drug-likeness (QED) is 0.680. The zero-order valence-electron chi connectivity index (χ0n) is 14.6. The third-order valence-electron chi connectivity index (χ3n) is 4.00. The summed E-state index contributed by atoms with van der Waals surface area (Å²) in [6.07, 6.45) is 6.49. The molecule has 1 aliphatic carbocycles. The lowest BCUT2D eigenvalue weighted by molar-refractivity contribution is -0.113. The maximum absolute atomic E-state index is 12.2. The van der Waals surface area contributed by atoms with Gasteiger partial charge >= 0.3 is 0 Å². The van der Waals surface area contributed by atoms with Crippen molar-refractivity contribution >= 4 is 40.0 Å². The average Bonchev–Trinajstić information content (AvgIpc) is 3.32. The molecule has 0 unspecified atom stereocenters. The second-order valence-electron chi connectivity index (χ2n) is 6.58. The number of anilines is 2. The van der Waals surface area contributed by atoms with Crippen LogP contribution in [-0.2, 0) is 4.79 Å². The summed E-state index contributed by atoms with van der Waals surface area (Å²) in [4.78, 5) is 12.2. The predicted molar refractivity (Wildman–Crippen MR) is 102 cm³/mol. The number of thioether (sulfide) groups is 1. The molecule has 0 bridgehead atoms. The third-order valence-corrected chi connectivity index (χ3v) is 6.02. The normalized spacial score (nSPS) is 15.0. The Hall–Kier alpha value is -1.61. The lowest BCUT2D eigenvalue weighted by atomic mass is 10.2. The SMILES string of the molecule is CC(C)CNc1nnc(SCC(=O)Nc2ccnn2C2CCCC2)s1. The van der Waals surface area contributed by atoms with Gasteiger partial charge in [0.15, 0.2) is 4.34 Å². The van der Waals surface area contributed by atoms with Crippen molar-refractivity contribution in [3.05, 3.63) is 12.3 Å². The zero-order valence-corrected chi connectivity index (χ0v) is 16.2. The second-order valence-corrected chi connectivity index (χ2v) is 8.78. The van der Waals surface area contributed by atoms with Crippen LogP contribution in [0.3, 0.4) is 0 Å². The standard InChI is InChI=1S/C16H24N6OS2/c1-11(2)9-17-15-20-21-16(25-15)24-10-14(23)19-13-7-8-18-22(13)12-5-3-4-6-12/h7-8,11-12H,3-6,9-10H2,1-2H3,(H,17,20)(H,19,23). The molecule has 3 rings (SSSR count). The maximum atomic E-state index is 12.2. The van der Waals surface area contributed by atoms with Crippen molar-refractivity contribution in [2.75, 3.05) is 22.9 Å². The Labute approximate surface area is 156 Å². The van der Waals surface area contributed by atoms with Gasteiger partial charge in [0, 0.05) is 12.6 Å². The number of nitrogens with one attached hydrogen (secondary N) is 2. The lowest BCUT2D eigenvalue weighted by Gasteiger charge is -2.14. The smallest absolute Gasteiger partial charge is 0.235 e. The fraction of sp³-hybridized carbons (Fsp3) is 0.625. The van der Waals surface area contributed by atoms with Crippen molar-refractivity contribution in [3.63, 3.8) is 0 Å². The Morgan fingerprint density at radius 3 is 2.96 bits per heavy atom. The Morgan fingerprint density at radius 1 is 1.40 bits per heavy atom. The summed E-state index contributed by atoms with van der Waals surface area (Å²) in [6.45, 7) is 5.15. The van der Waals surface area contributed by atoms with Crippen molar-refractivity contribution < 1.29 is 4.79 Å². The van der Waals surface area contributed by atoms with E-state index >= 15 is 0 Å². The van der Waals surface area contributed by atoms with Gasteiger partial charge in [-0.15, -0.1) is 10.2 Å². The van der Waals surface area contributed by atoms with Crippen LogP contribution in [0.2, 0.25) is 0 Å². The van der Waals surface area contributed by atoms with Crippen molar-refractivity contribution in [2.24, 2.45) is 5.92 Å². The van der Waals surface area contributed by atoms with Gasteiger partial charge in [-0.2, -0.15) is 5.10 Å². The minimum Gasteiger partial charge on any atom is -0.360 e. The van der Waals surface area contributed by atoms with Crippen LogP contribution in [0, 0.1) is 5.92 Å². The molecular formula is C16H24N6OS2. The summed E-state index contributed by atoms with van der Waals surface area (Å²) in [5.41, 5.74) is 0. The first-order valence-corrected chi connectivity index (χ1v) is 10.5. The molecule has 2 aromatic heterocycles. The van der Waals surface area contributed by atoms with E-state index in [1.807, 2.05) is 10.7 Å². The number of nitrogens with zero attached hydrogens (tertiary/aromatic N) is 4. The van der Waals surface area contributed by atoms with Crippen LogP contribution < -0.4 is 10.6 Å². The fourth-order valence-corrected chi connectivity index (χ4v) is 4.35. The number of rotatable bonds is 8. The summed E-state index contributed by atoms with van der Waals surface area (Å²) >= 11 is 2.89. The van der Waals surface area contributed by atoms with Gasteiger partial charge in [0.1, 0.15) is 5.82 Å². The van der Waals surface area contributed by atoms with Crippen LogP contribution in [0.4, 0.5) is 10.9 Å². The topological polar surface area (TPSA) is 84.7 Å². The van der Waals surface area contributed by atoms with Gasteiger partial charge in [0.2, 0.25) is 11.0 Å². The molecule has 1 aliphatic rings. The van der Waals surface area contributed by atoms with Crippen LogP contribution in [0.15, 0.2) is 16.6 Å². The van der Waals surface area contributed by atoms with E-state index in [4.69, 9.17) is 0 Å². The van der Waals surface area contributed by atoms with E-state index in [1.165, 1.54) is 35.9 Å². The van der Waals surface area contributed by atoms with Crippen molar-refractivity contribution in [1.29, 1.82) is 0 Å². The number of hydrogen-bond acceptors (Lipinski definition) is 7. The molecule has 7 nitrogen and oxygen atoms in total. The molecule has 0 saturated heterocycles. The molecule has 0 spiro atoms. The highest BCUT2D eigenvalue weighted by Gasteiger charge is 2.20. The van der Waals surface area contributed by atoms with E-state index in [0.717, 1.165) is 34.7 Å². The highest BCUT2D eigenvalue weighted by Crippen LogP contribution is 2.31. The Balaban J connectivity index is 1.48. The van der Waals surface area contributed by atoms with E-state index in [2.05, 4.69) is 39.8 Å². The molecule has 0 aromatic carbocycles. The lowest BCUT2D eigenvalue weighted by Crippen LogP contribution is -2.19. The average molecular weight is 381 g/mol. The van der Waals surface area contributed by atoms with Gasteiger partial charge in [-0.05, 0) is 18.8 Å². The first kappa shape index (κ1) is 18.2. The minimum absolute atomic E-state index is 0.0448. The Kier molecular flexibility index (Phi) is 6.30. The molecule has 2 aromatic rings. The molecule has 1 amide bonds. The number of amides is 1. The highest BCUT2D eigenvalue weighted by molar-refractivity contribution is 8.01. The number of carbonyl (C=O) groups excluding carboxylic acids is 1. The molecular weight excluding hydrogens is 356 g/mol. The van der Waals surface area contributed by atoms with E-state index < -0.39 is 0 Å². The first-order valence-electron chi connectivity index (χ1n) is 8.65. The van der Waals surface area contributed by atoms with E-state index in [9.17, 15) is 4.79 Å². The first-order chi connectivity index (χ1) is 12.1. The van der Waals surface area contributed by atoms with Gasteiger partial charge in [0.25, 0.3) is 0 Å². The molecule has 2 heterocycles. The predicted octanol–water partition coefficient (Wildman–Crippen LogP) is 3.65. The second kappa shape index (κ2) is 8.66. The summed E-state index contributed by atoms with van der Waals surface area (Å²) in [5.74, 6) is 1.61. The van der Waals surface area contributed by atoms with Crippen molar-refractivity contribution in [2.45, 2.75) is 49.9 Å². The van der Waals surface area contributed by atoms with Crippen LogP contribution in [0.25, 0.3) is 0 Å². The van der Waals surface area contributed by atoms with Gasteiger partial charge < -0.3 is 10.6 Å². The van der Waals surface area contributed by atoms with Gasteiger partial charge in [-0.3, -0.25) is 4.79 Å². The van der Waals surface area contributed by atoms with Gasteiger partial charge in [0.05, 0.1) is 18.0 Å². The van der Waals surface area contributed by atoms with Crippen LogP contribution in [0.1, 0.15) is 45.6 Å². The molecule has 0 atom stereocenters. The molecule has 1 saturated carbocycles. The molecule has 1 fully saturated rings. The number of carbonyl (C=O) groups is 1. The van der Waals surface area contributed by atoms with E-state index in [0.29, 0.717) is 17.7 Å². The summed E-state index contributed by atoms with van der Waals surface area (Å²) in [7, 11) is 0. The molecule has 0 radical (unpaired) electrons. The van der Waals surface area contributed by atoms with E-state index in [1.54, 1.807) is 6.20 Å². The van der Waals surface area contributed by atoms with Gasteiger partial charge in [-0.1, -0.05) is 49.8 Å². The summed E-state index contributed by atoms with van der Waals surface area (Å²) < 4.78 is 2.75. The largest absolute Gasteiger partial charge is 0.360 e. The van der Waals surface area contributed by atoms with Crippen molar-refractivity contribution in [3.8, 4) is 0 Å². The number of aromatic nitrogens is 4. The Morgan fingerprint density at radius 2 is 2.20 bits per heavy atom. The number of hydrogen-bond donors (Lipinski definition) is 2. The van der Waals surface area contributed by atoms with Crippen LogP contribution in [0.5, 0.6) is 0 Å². The highest BCUT2D eigenvalue weighted by atomic mass is 32.2. The zero-order chi connectivity index (χ0) is 17.6. The molecule has 0 aliphatic heterocycles. The maximum Gasteiger partial charge on any atom is 0.235 e. The Bertz CT molecular complexity index is 692. The van der Waals surface area contributed by atoms with Crippen LogP contribution >= 0.6 is 23.1 Å².